The van der Waals surface area contributed by atoms with E-state index in [2.05, 4.69) is 33.4 Å². The third-order valence-corrected chi connectivity index (χ3v) is 1.21. The molecular formula is C11H29N. The summed E-state index contributed by atoms with van der Waals surface area (Å²) in [6.45, 7) is 8.74. The molecule has 0 atom stereocenters. The SMILES string of the molecule is CCC.CCCCCCC.CN. The van der Waals surface area contributed by atoms with Gasteiger partial charge < -0.3 is 5.73 Å². The molecule has 0 fully saturated rings. The molecule has 0 heterocycles. The van der Waals surface area contributed by atoms with Crippen LogP contribution in [0.2, 0.25) is 0 Å². The maximum atomic E-state index is 4.50. The minimum absolute atomic E-state index is 1.25. The van der Waals surface area contributed by atoms with Crippen molar-refractivity contribution in [2.45, 2.75) is 66.2 Å². The smallest absolute Gasteiger partial charge is 0.0195 e. The van der Waals surface area contributed by atoms with Crippen LogP contribution in [-0.2, 0) is 0 Å². The average molecular weight is 175 g/mol. The number of hydrogen-bond donors (Lipinski definition) is 1. The van der Waals surface area contributed by atoms with Gasteiger partial charge in [-0.2, -0.15) is 0 Å². The highest BCUT2D eigenvalue weighted by Crippen LogP contribution is 2.00. The van der Waals surface area contributed by atoms with Crippen LogP contribution in [0.5, 0.6) is 0 Å². The first kappa shape index (κ1) is 17.9. The van der Waals surface area contributed by atoms with E-state index in [0.29, 0.717) is 0 Å². The van der Waals surface area contributed by atoms with Gasteiger partial charge in [0.25, 0.3) is 0 Å². The van der Waals surface area contributed by atoms with E-state index in [1.165, 1.54) is 45.6 Å². The molecule has 0 aromatic carbocycles. The van der Waals surface area contributed by atoms with E-state index in [-0.39, 0.29) is 0 Å². The van der Waals surface area contributed by atoms with Gasteiger partial charge in [-0.3, -0.25) is 0 Å². The molecule has 78 valence electrons. The van der Waals surface area contributed by atoms with Crippen molar-refractivity contribution in [1.29, 1.82) is 0 Å². The molecule has 0 spiro atoms. The molecule has 0 saturated heterocycles. The van der Waals surface area contributed by atoms with Crippen molar-refractivity contribution in [3.8, 4) is 0 Å². The van der Waals surface area contributed by atoms with Crippen LogP contribution in [0, 0.1) is 0 Å². The fraction of sp³-hybridized carbons (Fsp3) is 1.00. The minimum Gasteiger partial charge on any atom is -0.333 e. The largest absolute Gasteiger partial charge is 0.333 e. The van der Waals surface area contributed by atoms with Crippen molar-refractivity contribution in [1.82, 2.24) is 0 Å². The van der Waals surface area contributed by atoms with Crippen molar-refractivity contribution in [3.63, 3.8) is 0 Å². The Kier molecular flexibility index (Phi) is 45.6. The standard InChI is InChI=1S/C7H16.C3H8.CH5N/c1-3-5-7-6-4-2;1-3-2;1-2/h3-7H2,1-2H3;3H2,1-2H3;2H2,1H3. The maximum absolute atomic E-state index is 4.50. The predicted octanol–water partition coefficient (Wildman–Crippen LogP) is 3.97. The second-order valence-corrected chi connectivity index (χ2v) is 2.77. The molecule has 12 heavy (non-hydrogen) atoms. The maximum Gasteiger partial charge on any atom is -0.0195 e. The number of rotatable bonds is 4. The second kappa shape index (κ2) is 30.6. The summed E-state index contributed by atoms with van der Waals surface area (Å²) in [4.78, 5) is 0. The van der Waals surface area contributed by atoms with E-state index in [1.54, 1.807) is 0 Å². The van der Waals surface area contributed by atoms with E-state index in [0.717, 1.165) is 0 Å². The van der Waals surface area contributed by atoms with Crippen molar-refractivity contribution in [2.24, 2.45) is 5.73 Å². The number of hydrogen-bond acceptors (Lipinski definition) is 1. The predicted molar refractivity (Wildman–Crippen MR) is 60.5 cm³/mol. The lowest BCUT2D eigenvalue weighted by atomic mass is 10.2. The molecule has 0 bridgehead atoms. The molecule has 0 aromatic heterocycles. The molecule has 1 heteroatoms. The fourth-order valence-electron chi connectivity index (χ4n) is 0.677. The van der Waals surface area contributed by atoms with Gasteiger partial charge >= 0.3 is 0 Å². The van der Waals surface area contributed by atoms with Gasteiger partial charge in [-0.25, -0.2) is 0 Å². The van der Waals surface area contributed by atoms with Crippen LogP contribution in [-0.4, -0.2) is 7.05 Å². The lowest BCUT2D eigenvalue weighted by molar-refractivity contribution is 0.656. The van der Waals surface area contributed by atoms with Gasteiger partial charge in [-0.15, -0.1) is 0 Å². The van der Waals surface area contributed by atoms with E-state index in [4.69, 9.17) is 0 Å². The molecule has 0 rings (SSSR count). The van der Waals surface area contributed by atoms with Gasteiger partial charge in [0.05, 0.1) is 0 Å². The summed E-state index contributed by atoms with van der Waals surface area (Å²) < 4.78 is 0. The van der Waals surface area contributed by atoms with Crippen molar-refractivity contribution in [2.75, 3.05) is 7.05 Å². The molecule has 0 aromatic rings. The Balaban J connectivity index is -0.000000137. The van der Waals surface area contributed by atoms with Crippen molar-refractivity contribution in [3.05, 3.63) is 0 Å². The summed E-state index contributed by atoms with van der Waals surface area (Å²) in [5, 5.41) is 0. The van der Waals surface area contributed by atoms with E-state index in [1.807, 2.05) is 0 Å². The Morgan fingerprint density at radius 2 is 0.917 bits per heavy atom. The molecule has 2 N–H and O–H groups in total. The Morgan fingerprint density at radius 3 is 1.08 bits per heavy atom. The molecule has 0 amide bonds. The van der Waals surface area contributed by atoms with Crippen LogP contribution >= 0.6 is 0 Å². The zero-order valence-corrected chi connectivity index (χ0v) is 9.82. The second-order valence-electron chi connectivity index (χ2n) is 2.77. The highest BCUT2D eigenvalue weighted by Gasteiger charge is 1.80. The molecule has 0 aliphatic heterocycles. The van der Waals surface area contributed by atoms with E-state index >= 15 is 0 Å². The monoisotopic (exact) mass is 175 g/mol. The summed E-state index contributed by atoms with van der Waals surface area (Å²) in [6, 6.07) is 0. The molecule has 0 aliphatic rings. The highest BCUT2D eigenvalue weighted by molar-refractivity contribution is 4.35. The van der Waals surface area contributed by atoms with Crippen LogP contribution in [0.15, 0.2) is 0 Å². The van der Waals surface area contributed by atoms with Crippen molar-refractivity contribution < 1.29 is 0 Å². The fourth-order valence-corrected chi connectivity index (χ4v) is 0.677. The quantitative estimate of drug-likeness (QED) is 0.643. The van der Waals surface area contributed by atoms with Crippen LogP contribution in [0.25, 0.3) is 0 Å². The summed E-state index contributed by atoms with van der Waals surface area (Å²) >= 11 is 0. The number of nitrogens with two attached hydrogens (primary N) is 1. The Hall–Kier alpha value is -0.0400. The van der Waals surface area contributed by atoms with Crippen LogP contribution in [0.4, 0.5) is 0 Å². The first-order valence-electron chi connectivity index (χ1n) is 5.41. The molecule has 0 radical (unpaired) electrons. The molecule has 1 nitrogen and oxygen atoms in total. The van der Waals surface area contributed by atoms with Crippen molar-refractivity contribution >= 4 is 0 Å². The zero-order chi connectivity index (χ0) is 10.2. The van der Waals surface area contributed by atoms with Crippen LogP contribution in [0.3, 0.4) is 0 Å². The zero-order valence-electron chi connectivity index (χ0n) is 9.82. The summed E-state index contributed by atoms with van der Waals surface area (Å²) in [5.74, 6) is 0. The van der Waals surface area contributed by atoms with Gasteiger partial charge in [0, 0.05) is 0 Å². The average Bonchev–Trinajstić information content (AvgIpc) is 2.11. The summed E-state index contributed by atoms with van der Waals surface area (Å²) in [7, 11) is 1.50. The van der Waals surface area contributed by atoms with Gasteiger partial charge in [-0.1, -0.05) is 66.2 Å². The Labute approximate surface area is 79.7 Å². The topological polar surface area (TPSA) is 26.0 Å². The minimum atomic E-state index is 1.25. The Bertz CT molecular complexity index is 32.0. The van der Waals surface area contributed by atoms with Gasteiger partial charge in [0.15, 0.2) is 0 Å². The molecule has 0 aliphatic carbocycles. The van der Waals surface area contributed by atoms with E-state index in [9.17, 15) is 0 Å². The Morgan fingerprint density at radius 1 is 0.667 bits per heavy atom. The van der Waals surface area contributed by atoms with Crippen LogP contribution < -0.4 is 5.73 Å². The van der Waals surface area contributed by atoms with Gasteiger partial charge in [0.2, 0.25) is 0 Å². The van der Waals surface area contributed by atoms with Crippen LogP contribution in [0.1, 0.15) is 66.2 Å². The highest BCUT2D eigenvalue weighted by atomic mass is 14.4. The molecule has 0 unspecified atom stereocenters. The normalized spacial score (nSPS) is 7.50. The lowest BCUT2D eigenvalue weighted by Crippen LogP contribution is -1.70. The molecule has 0 saturated carbocycles. The summed E-state index contributed by atoms with van der Waals surface area (Å²) in [5.41, 5.74) is 4.50. The number of unbranched alkanes of at least 4 members (excludes halogenated alkanes) is 4. The van der Waals surface area contributed by atoms with E-state index < -0.39 is 0 Å². The third kappa shape index (κ3) is 51.0. The third-order valence-electron chi connectivity index (χ3n) is 1.21. The van der Waals surface area contributed by atoms with Gasteiger partial charge in [0.1, 0.15) is 0 Å². The van der Waals surface area contributed by atoms with Gasteiger partial charge in [-0.05, 0) is 7.05 Å². The first-order chi connectivity index (χ1) is 5.83. The lowest BCUT2D eigenvalue weighted by Gasteiger charge is -1.90. The first-order valence-corrected chi connectivity index (χ1v) is 5.41. The molecular weight excluding hydrogens is 146 g/mol. The summed E-state index contributed by atoms with van der Waals surface area (Å²) in [6.07, 6.45) is 8.26.